The first kappa shape index (κ1) is 13.8. The van der Waals surface area contributed by atoms with Gasteiger partial charge >= 0.3 is 0 Å². The van der Waals surface area contributed by atoms with E-state index < -0.39 is 12.5 Å². The molecule has 1 fully saturated rings. The van der Waals surface area contributed by atoms with Gasteiger partial charge in [-0.3, -0.25) is 0 Å². The zero-order chi connectivity index (χ0) is 12.0. The summed E-state index contributed by atoms with van der Waals surface area (Å²) in [6.07, 6.45) is 0.895. The summed E-state index contributed by atoms with van der Waals surface area (Å²) in [5.41, 5.74) is -0.167. The van der Waals surface area contributed by atoms with Gasteiger partial charge in [-0.25, -0.2) is 8.78 Å². The molecule has 1 aliphatic rings. The maximum Gasteiger partial charge on any atom is 0.265 e. The first-order valence-corrected chi connectivity index (χ1v) is 5.87. The average molecular weight is 237 g/mol. The molecule has 0 spiro atoms. The van der Waals surface area contributed by atoms with E-state index in [2.05, 4.69) is 5.32 Å². The first-order valence-electron chi connectivity index (χ1n) is 5.87. The van der Waals surface area contributed by atoms with Crippen molar-refractivity contribution in [1.29, 1.82) is 0 Å². The van der Waals surface area contributed by atoms with Crippen molar-refractivity contribution >= 4 is 0 Å². The Morgan fingerprint density at radius 1 is 1.19 bits per heavy atom. The van der Waals surface area contributed by atoms with Crippen molar-refractivity contribution in [2.75, 3.05) is 19.7 Å². The fraction of sp³-hybridized carbons (Fsp3) is 1.00. The van der Waals surface area contributed by atoms with Gasteiger partial charge in [-0.2, -0.15) is 0 Å². The van der Waals surface area contributed by atoms with Gasteiger partial charge in [0.2, 0.25) is 0 Å². The van der Waals surface area contributed by atoms with Crippen LogP contribution < -0.4 is 5.32 Å². The number of hydrogen-bond donors (Lipinski definition) is 3. The minimum atomic E-state index is -2.70. The van der Waals surface area contributed by atoms with Crippen molar-refractivity contribution in [2.45, 2.75) is 44.6 Å². The Balaban J connectivity index is 2.28. The van der Waals surface area contributed by atoms with Gasteiger partial charge in [0, 0.05) is 25.1 Å². The Morgan fingerprint density at radius 3 is 2.31 bits per heavy atom. The summed E-state index contributed by atoms with van der Waals surface area (Å²) in [6, 6.07) is 0. The van der Waals surface area contributed by atoms with Crippen LogP contribution in [0.15, 0.2) is 0 Å². The Hall–Kier alpha value is -0.260. The number of alkyl halides is 2. The molecule has 0 aromatic carbocycles. The predicted octanol–water partition coefficient (Wildman–Crippen LogP) is 1.14. The molecule has 3 nitrogen and oxygen atoms in total. The van der Waals surface area contributed by atoms with Gasteiger partial charge in [-0.1, -0.05) is 19.3 Å². The molecule has 1 saturated carbocycles. The van der Waals surface area contributed by atoms with Gasteiger partial charge in [-0.05, 0) is 12.8 Å². The molecule has 0 saturated heterocycles. The topological polar surface area (TPSA) is 52.5 Å². The van der Waals surface area contributed by atoms with Crippen LogP contribution in [0.25, 0.3) is 0 Å². The third kappa shape index (κ3) is 3.96. The minimum absolute atomic E-state index is 0.0881. The Bertz CT molecular complexity index is 196. The van der Waals surface area contributed by atoms with Gasteiger partial charge in [0.1, 0.15) is 6.10 Å². The van der Waals surface area contributed by atoms with Crippen molar-refractivity contribution in [3.8, 4) is 0 Å². The number of nitrogens with one attached hydrogen (secondary N) is 1. The summed E-state index contributed by atoms with van der Waals surface area (Å²) in [5, 5.41) is 21.1. The molecule has 1 atom stereocenters. The largest absolute Gasteiger partial charge is 0.396 e. The van der Waals surface area contributed by atoms with E-state index in [0.717, 1.165) is 25.7 Å². The second-order valence-corrected chi connectivity index (χ2v) is 4.75. The summed E-state index contributed by atoms with van der Waals surface area (Å²) in [7, 11) is 0. The van der Waals surface area contributed by atoms with E-state index in [-0.39, 0.29) is 18.6 Å². The van der Waals surface area contributed by atoms with Gasteiger partial charge < -0.3 is 15.5 Å². The number of hydrogen-bond acceptors (Lipinski definition) is 3. The molecule has 0 bridgehead atoms. The Labute approximate surface area is 94.9 Å². The molecule has 0 amide bonds. The molecule has 0 aromatic rings. The van der Waals surface area contributed by atoms with Crippen LogP contribution in [0.2, 0.25) is 0 Å². The monoisotopic (exact) mass is 237 g/mol. The normalized spacial score (nSPS) is 22.3. The molecule has 1 rings (SSSR count). The molecule has 96 valence electrons. The molecule has 1 unspecified atom stereocenters. The average Bonchev–Trinajstić information content (AvgIpc) is 2.30. The van der Waals surface area contributed by atoms with E-state index in [1.807, 2.05) is 0 Å². The van der Waals surface area contributed by atoms with E-state index in [9.17, 15) is 13.9 Å². The maximum absolute atomic E-state index is 12.0. The number of aliphatic hydroxyl groups is 2. The van der Waals surface area contributed by atoms with Crippen LogP contribution in [0.1, 0.15) is 32.1 Å². The highest BCUT2D eigenvalue weighted by Gasteiger charge is 2.31. The number of rotatable bonds is 6. The third-order valence-electron chi connectivity index (χ3n) is 3.39. The first-order chi connectivity index (χ1) is 7.59. The Kier molecular flexibility index (Phi) is 5.58. The molecule has 3 N–H and O–H groups in total. The summed E-state index contributed by atoms with van der Waals surface area (Å²) in [6.45, 7) is 0.484. The molecule has 16 heavy (non-hydrogen) atoms. The van der Waals surface area contributed by atoms with Crippen LogP contribution in [0.5, 0.6) is 0 Å². The summed E-state index contributed by atoms with van der Waals surface area (Å²) < 4.78 is 24.1. The lowest BCUT2D eigenvalue weighted by Crippen LogP contribution is -2.42. The number of halogens is 2. The lowest BCUT2D eigenvalue weighted by atomic mass is 9.74. The molecule has 1 aliphatic carbocycles. The second kappa shape index (κ2) is 6.47. The molecule has 0 aromatic heterocycles. The maximum atomic E-state index is 12.0. The van der Waals surface area contributed by atoms with E-state index in [4.69, 9.17) is 5.11 Å². The zero-order valence-corrected chi connectivity index (χ0v) is 9.46. The quantitative estimate of drug-likeness (QED) is 0.649. The van der Waals surface area contributed by atoms with Crippen LogP contribution in [-0.2, 0) is 0 Å². The van der Waals surface area contributed by atoms with Gasteiger partial charge in [0.05, 0.1) is 0 Å². The van der Waals surface area contributed by atoms with E-state index in [1.165, 1.54) is 6.42 Å². The molecule has 0 radical (unpaired) electrons. The highest BCUT2D eigenvalue weighted by molar-refractivity contribution is 4.84. The number of aliphatic hydroxyl groups excluding tert-OH is 2. The SMILES string of the molecule is OCC1(CNCC(O)C(F)F)CCCCC1. The smallest absolute Gasteiger partial charge is 0.265 e. The van der Waals surface area contributed by atoms with Crippen molar-refractivity contribution in [1.82, 2.24) is 5.32 Å². The van der Waals surface area contributed by atoms with E-state index >= 15 is 0 Å². The van der Waals surface area contributed by atoms with E-state index in [1.54, 1.807) is 0 Å². The molecular weight excluding hydrogens is 216 g/mol. The highest BCUT2D eigenvalue weighted by atomic mass is 19.3. The third-order valence-corrected chi connectivity index (χ3v) is 3.39. The summed E-state index contributed by atoms with van der Waals surface area (Å²) in [4.78, 5) is 0. The second-order valence-electron chi connectivity index (χ2n) is 4.75. The standard InChI is InChI=1S/C11H21F2NO2/c12-10(13)9(16)6-14-7-11(8-15)4-2-1-3-5-11/h9-10,14-16H,1-8H2. The lowest BCUT2D eigenvalue weighted by Gasteiger charge is -2.36. The van der Waals surface area contributed by atoms with Gasteiger partial charge in [0.15, 0.2) is 0 Å². The molecular formula is C11H21F2NO2. The van der Waals surface area contributed by atoms with Crippen LogP contribution >= 0.6 is 0 Å². The van der Waals surface area contributed by atoms with Crippen LogP contribution in [0.3, 0.4) is 0 Å². The van der Waals surface area contributed by atoms with Crippen molar-refractivity contribution in [2.24, 2.45) is 5.41 Å². The highest BCUT2D eigenvalue weighted by Crippen LogP contribution is 2.35. The molecule has 5 heteroatoms. The van der Waals surface area contributed by atoms with Crippen molar-refractivity contribution < 1.29 is 19.0 Å². The van der Waals surface area contributed by atoms with Gasteiger partial charge in [-0.15, -0.1) is 0 Å². The zero-order valence-electron chi connectivity index (χ0n) is 9.46. The predicted molar refractivity (Wildman–Crippen MR) is 57.5 cm³/mol. The summed E-state index contributed by atoms with van der Waals surface area (Å²) in [5.74, 6) is 0. The summed E-state index contributed by atoms with van der Waals surface area (Å²) >= 11 is 0. The van der Waals surface area contributed by atoms with E-state index in [0.29, 0.717) is 6.54 Å². The minimum Gasteiger partial charge on any atom is -0.396 e. The fourth-order valence-electron chi connectivity index (χ4n) is 2.27. The van der Waals surface area contributed by atoms with Crippen molar-refractivity contribution in [3.63, 3.8) is 0 Å². The fourth-order valence-corrected chi connectivity index (χ4v) is 2.27. The van der Waals surface area contributed by atoms with Crippen molar-refractivity contribution in [3.05, 3.63) is 0 Å². The van der Waals surface area contributed by atoms with Crippen LogP contribution in [-0.4, -0.2) is 42.4 Å². The molecule has 0 heterocycles. The molecule has 0 aliphatic heterocycles. The lowest BCUT2D eigenvalue weighted by molar-refractivity contribution is -0.00684. The Morgan fingerprint density at radius 2 is 1.81 bits per heavy atom. The van der Waals surface area contributed by atoms with Crippen LogP contribution in [0.4, 0.5) is 8.78 Å². The van der Waals surface area contributed by atoms with Crippen LogP contribution in [0, 0.1) is 5.41 Å². The van der Waals surface area contributed by atoms with Gasteiger partial charge in [0.25, 0.3) is 6.43 Å².